The molecule has 0 amide bonds. The predicted molar refractivity (Wildman–Crippen MR) is 81.6 cm³/mol. The molecule has 0 aliphatic carbocycles. The number of nitrogens with zero attached hydrogens (tertiary/aromatic N) is 1. The molecule has 6 nitrogen and oxygen atoms in total. The van der Waals surface area contributed by atoms with Crippen LogP contribution >= 0.6 is 0 Å². The van der Waals surface area contributed by atoms with Gasteiger partial charge in [0, 0.05) is 0 Å². The van der Waals surface area contributed by atoms with Gasteiger partial charge in [0.1, 0.15) is 12.7 Å². The van der Waals surface area contributed by atoms with E-state index in [-0.39, 0.29) is 12.2 Å². The number of dihydropyridines is 1. The van der Waals surface area contributed by atoms with Crippen LogP contribution in [0.4, 0.5) is 0 Å². The van der Waals surface area contributed by atoms with E-state index in [1.165, 1.54) is 13.0 Å². The second-order valence-electron chi connectivity index (χ2n) is 4.85. The second-order valence-corrected chi connectivity index (χ2v) is 4.85. The van der Waals surface area contributed by atoms with Crippen molar-refractivity contribution >= 4 is 11.9 Å². The third-order valence-electron chi connectivity index (χ3n) is 3.11. The third-order valence-corrected chi connectivity index (χ3v) is 3.11. The van der Waals surface area contributed by atoms with Crippen LogP contribution < -0.4 is 5.32 Å². The van der Waals surface area contributed by atoms with E-state index >= 15 is 0 Å². The molecule has 1 heterocycles. The number of nitrogens with one attached hydrogen (secondary N) is 1. The van der Waals surface area contributed by atoms with E-state index in [4.69, 9.17) is 14.7 Å². The minimum Gasteiger partial charge on any atom is -0.459 e. The number of allylic oxidation sites excluding steroid dienone is 2. The number of carbonyl (C=O) groups excluding carboxylic acids is 2. The normalized spacial score (nSPS) is 17.2. The van der Waals surface area contributed by atoms with E-state index in [0.29, 0.717) is 0 Å². The van der Waals surface area contributed by atoms with E-state index in [1.807, 2.05) is 30.3 Å². The lowest BCUT2D eigenvalue weighted by Gasteiger charge is -2.21. The molecule has 1 aliphatic rings. The minimum absolute atomic E-state index is 0.104. The number of carbonyl (C=O) groups is 2. The first-order chi connectivity index (χ1) is 11.1. The molecular weight excluding hydrogens is 296 g/mol. The molecule has 2 atom stereocenters. The molecular formula is C17H16N2O4. The first kappa shape index (κ1) is 16.3. The Labute approximate surface area is 134 Å². The minimum atomic E-state index is -0.956. The van der Waals surface area contributed by atoms with Crippen molar-refractivity contribution in [3.63, 3.8) is 0 Å². The van der Waals surface area contributed by atoms with E-state index in [2.05, 4.69) is 5.32 Å². The van der Waals surface area contributed by atoms with Gasteiger partial charge in [0.25, 0.3) is 0 Å². The molecule has 0 spiro atoms. The van der Waals surface area contributed by atoms with Crippen molar-refractivity contribution < 1.29 is 19.1 Å². The highest BCUT2D eigenvalue weighted by atomic mass is 16.5. The maximum atomic E-state index is 12.2. The van der Waals surface area contributed by atoms with Gasteiger partial charge in [-0.05, 0) is 30.8 Å². The van der Waals surface area contributed by atoms with Crippen LogP contribution in [0.15, 0.2) is 54.3 Å². The average Bonchev–Trinajstić information content (AvgIpc) is 2.60. The van der Waals surface area contributed by atoms with Crippen molar-refractivity contribution in [1.29, 1.82) is 5.26 Å². The van der Waals surface area contributed by atoms with Gasteiger partial charge in [-0.2, -0.15) is 5.26 Å². The summed E-state index contributed by atoms with van der Waals surface area (Å²) in [5, 5.41) is 11.5. The number of rotatable bonds is 5. The molecule has 1 aromatic rings. The van der Waals surface area contributed by atoms with Gasteiger partial charge in [-0.15, -0.1) is 0 Å². The van der Waals surface area contributed by atoms with Crippen LogP contribution in [0.3, 0.4) is 0 Å². The summed E-state index contributed by atoms with van der Waals surface area (Å²) < 4.78 is 10.2. The Balaban J connectivity index is 2.01. The fourth-order valence-corrected chi connectivity index (χ4v) is 1.94. The number of esters is 2. The molecule has 0 fully saturated rings. The van der Waals surface area contributed by atoms with Crippen molar-refractivity contribution in [3.8, 4) is 6.07 Å². The Bertz CT molecular complexity index is 674. The summed E-state index contributed by atoms with van der Waals surface area (Å²) in [5.74, 6) is -1.32. The summed E-state index contributed by atoms with van der Waals surface area (Å²) in [7, 11) is 0. The van der Waals surface area contributed by atoms with Crippen molar-refractivity contribution in [2.45, 2.75) is 25.7 Å². The van der Waals surface area contributed by atoms with Crippen LogP contribution in [0.1, 0.15) is 12.5 Å². The molecule has 0 aromatic heterocycles. The van der Waals surface area contributed by atoms with Crippen LogP contribution in [-0.4, -0.2) is 24.1 Å². The van der Waals surface area contributed by atoms with Gasteiger partial charge in [-0.1, -0.05) is 30.3 Å². The Morgan fingerprint density at radius 2 is 2.09 bits per heavy atom. The summed E-state index contributed by atoms with van der Waals surface area (Å²) in [6, 6.07) is 10.1. The maximum absolute atomic E-state index is 12.2. The highest BCUT2D eigenvalue weighted by Crippen LogP contribution is 2.13. The van der Waals surface area contributed by atoms with Crippen molar-refractivity contribution in [1.82, 2.24) is 5.32 Å². The van der Waals surface area contributed by atoms with E-state index in [1.54, 1.807) is 18.3 Å². The summed E-state index contributed by atoms with van der Waals surface area (Å²) >= 11 is 0. The number of ether oxygens (including phenoxy) is 2. The maximum Gasteiger partial charge on any atom is 0.338 e. The average molecular weight is 312 g/mol. The van der Waals surface area contributed by atoms with Gasteiger partial charge in [0.2, 0.25) is 0 Å². The van der Waals surface area contributed by atoms with Gasteiger partial charge < -0.3 is 14.8 Å². The van der Waals surface area contributed by atoms with Crippen LogP contribution in [0, 0.1) is 11.3 Å². The lowest BCUT2D eigenvalue weighted by molar-refractivity contribution is -0.150. The molecule has 2 unspecified atom stereocenters. The van der Waals surface area contributed by atoms with Crippen LogP contribution in [-0.2, 0) is 25.7 Å². The quantitative estimate of drug-likeness (QED) is 0.831. The van der Waals surface area contributed by atoms with Gasteiger partial charge in [0.05, 0.1) is 5.57 Å². The second kappa shape index (κ2) is 7.80. The van der Waals surface area contributed by atoms with E-state index < -0.39 is 24.1 Å². The van der Waals surface area contributed by atoms with Crippen LogP contribution in [0.5, 0.6) is 0 Å². The highest BCUT2D eigenvalue weighted by Gasteiger charge is 2.31. The van der Waals surface area contributed by atoms with Gasteiger partial charge in [-0.3, -0.25) is 0 Å². The zero-order valence-electron chi connectivity index (χ0n) is 12.6. The SMILES string of the molecule is CC(C#N)OC(=O)C1=CC=CNC1C(=O)OCc1ccccc1. The van der Waals surface area contributed by atoms with E-state index in [9.17, 15) is 9.59 Å². The van der Waals surface area contributed by atoms with Crippen LogP contribution in [0.25, 0.3) is 0 Å². The lowest BCUT2D eigenvalue weighted by Crippen LogP contribution is -2.41. The van der Waals surface area contributed by atoms with Crippen molar-refractivity contribution in [2.24, 2.45) is 0 Å². The molecule has 6 heteroatoms. The summed E-state index contributed by atoms with van der Waals surface area (Å²) in [5.41, 5.74) is 0.950. The molecule has 0 saturated heterocycles. The largest absolute Gasteiger partial charge is 0.459 e. The fraction of sp³-hybridized carbons (Fsp3) is 0.235. The topological polar surface area (TPSA) is 88.4 Å². The summed E-state index contributed by atoms with van der Waals surface area (Å²) in [6.07, 6.45) is 3.69. The molecule has 0 bridgehead atoms. The first-order valence-corrected chi connectivity index (χ1v) is 7.05. The molecule has 23 heavy (non-hydrogen) atoms. The summed E-state index contributed by atoms with van der Waals surface area (Å²) in [6.45, 7) is 1.56. The van der Waals surface area contributed by atoms with Gasteiger partial charge in [0.15, 0.2) is 12.1 Å². The lowest BCUT2D eigenvalue weighted by atomic mass is 10.0. The fourth-order valence-electron chi connectivity index (χ4n) is 1.94. The Kier molecular flexibility index (Phi) is 5.53. The third kappa shape index (κ3) is 4.45. The molecule has 2 rings (SSSR count). The smallest absolute Gasteiger partial charge is 0.338 e. The number of hydrogen-bond acceptors (Lipinski definition) is 6. The van der Waals surface area contributed by atoms with Crippen molar-refractivity contribution in [3.05, 3.63) is 59.8 Å². The van der Waals surface area contributed by atoms with Gasteiger partial charge >= 0.3 is 11.9 Å². The Hall–Kier alpha value is -3.07. The number of nitriles is 1. The molecule has 0 saturated carbocycles. The monoisotopic (exact) mass is 312 g/mol. The van der Waals surface area contributed by atoms with Gasteiger partial charge in [-0.25, -0.2) is 9.59 Å². The zero-order chi connectivity index (χ0) is 16.7. The Morgan fingerprint density at radius 3 is 2.78 bits per heavy atom. The highest BCUT2D eigenvalue weighted by molar-refractivity contribution is 5.98. The molecule has 118 valence electrons. The molecule has 1 aromatic carbocycles. The molecule has 1 aliphatic heterocycles. The van der Waals surface area contributed by atoms with Crippen LogP contribution in [0.2, 0.25) is 0 Å². The number of hydrogen-bond donors (Lipinski definition) is 1. The standard InChI is InChI=1S/C17H16N2O4/c1-12(10-18)23-16(20)14-8-5-9-19-15(14)17(21)22-11-13-6-3-2-4-7-13/h2-9,12,15,19H,11H2,1H3. The first-order valence-electron chi connectivity index (χ1n) is 7.05. The van der Waals surface area contributed by atoms with Crippen molar-refractivity contribution in [2.75, 3.05) is 0 Å². The Morgan fingerprint density at radius 1 is 1.35 bits per heavy atom. The molecule has 1 N–H and O–H groups in total. The van der Waals surface area contributed by atoms with E-state index in [0.717, 1.165) is 5.56 Å². The zero-order valence-corrected chi connectivity index (χ0v) is 12.6. The molecule has 0 radical (unpaired) electrons. The number of benzene rings is 1. The predicted octanol–water partition coefficient (Wildman–Crippen LogP) is 1.60. The summed E-state index contributed by atoms with van der Waals surface area (Å²) in [4.78, 5) is 24.2.